The first-order valence-electron chi connectivity index (χ1n) is 13.8. The zero-order chi connectivity index (χ0) is 28.6. The number of hydrogen-bond acceptors (Lipinski definition) is 8. The number of carbonyl (C=O) groups is 1. The molecule has 1 aliphatic carbocycles. The van der Waals surface area contributed by atoms with E-state index in [9.17, 15) is 9.90 Å². The molecule has 1 heterocycles. The third kappa shape index (κ3) is 6.47. The van der Waals surface area contributed by atoms with E-state index in [0.717, 1.165) is 61.0 Å². The van der Waals surface area contributed by atoms with Crippen LogP contribution in [0.3, 0.4) is 0 Å². The number of piperazine rings is 1. The van der Waals surface area contributed by atoms with Gasteiger partial charge in [-0.3, -0.25) is 9.69 Å². The van der Waals surface area contributed by atoms with Crippen LogP contribution in [0.4, 0.5) is 0 Å². The molecule has 0 aromatic heterocycles. The Morgan fingerprint density at radius 1 is 0.875 bits per heavy atom. The van der Waals surface area contributed by atoms with Crippen molar-refractivity contribution in [3.05, 3.63) is 46.5 Å². The Kier molecular flexibility index (Phi) is 10.2. The molecule has 2 aromatic rings. The molecule has 0 radical (unpaired) electrons. The van der Waals surface area contributed by atoms with Gasteiger partial charge in [0.1, 0.15) is 0 Å². The van der Waals surface area contributed by atoms with E-state index < -0.39 is 0 Å². The van der Waals surface area contributed by atoms with E-state index in [1.54, 1.807) is 35.5 Å². The first-order valence-corrected chi connectivity index (χ1v) is 13.8. The van der Waals surface area contributed by atoms with E-state index in [0.29, 0.717) is 48.3 Å². The molecule has 1 aliphatic heterocycles. The summed E-state index contributed by atoms with van der Waals surface area (Å²) in [6.07, 6.45) is 5.89. The molecule has 4 rings (SSSR count). The summed E-state index contributed by atoms with van der Waals surface area (Å²) in [7, 11) is 8.09. The fourth-order valence-corrected chi connectivity index (χ4v) is 5.76. The average molecular weight is 555 g/mol. The van der Waals surface area contributed by atoms with Crippen LogP contribution in [-0.4, -0.2) is 88.6 Å². The molecule has 0 spiro atoms. The van der Waals surface area contributed by atoms with Crippen LogP contribution in [0.15, 0.2) is 29.8 Å². The maximum Gasteiger partial charge on any atom is 0.250 e. The number of aryl methyl sites for hydroxylation is 1. The van der Waals surface area contributed by atoms with E-state index in [2.05, 4.69) is 4.90 Å². The second-order valence-corrected chi connectivity index (χ2v) is 10.2. The predicted molar refractivity (Wildman–Crippen MR) is 154 cm³/mol. The summed E-state index contributed by atoms with van der Waals surface area (Å²) in [5.41, 5.74) is 4.03. The maximum absolute atomic E-state index is 13.9. The van der Waals surface area contributed by atoms with Crippen LogP contribution in [0, 0.1) is 0 Å². The molecule has 2 aliphatic rings. The Bertz CT molecular complexity index is 1190. The lowest BCUT2D eigenvalue weighted by molar-refractivity contribution is -0.132. The van der Waals surface area contributed by atoms with Crippen molar-refractivity contribution in [1.29, 1.82) is 0 Å². The Morgan fingerprint density at radius 3 is 2.17 bits per heavy atom. The maximum atomic E-state index is 13.9. The molecule has 0 saturated carbocycles. The second kappa shape index (κ2) is 13.8. The minimum absolute atomic E-state index is 0.00414. The molecular weight excluding hydrogens is 512 g/mol. The quantitative estimate of drug-likeness (QED) is 0.447. The molecular formula is C31H42N2O7. The molecule has 2 aromatic carbocycles. The molecule has 9 nitrogen and oxygen atoms in total. The predicted octanol–water partition coefficient (Wildman–Crippen LogP) is 3.93. The van der Waals surface area contributed by atoms with Crippen LogP contribution in [0.25, 0.3) is 6.08 Å². The number of ether oxygens (including phenoxy) is 5. The van der Waals surface area contributed by atoms with Crippen LogP contribution in [-0.2, 0) is 17.8 Å². The third-order valence-electron chi connectivity index (χ3n) is 7.80. The highest BCUT2D eigenvalue weighted by Crippen LogP contribution is 2.39. The molecule has 40 heavy (non-hydrogen) atoms. The summed E-state index contributed by atoms with van der Waals surface area (Å²) < 4.78 is 27.5. The molecule has 0 bridgehead atoms. The van der Waals surface area contributed by atoms with Crippen LogP contribution in [0.5, 0.6) is 28.7 Å². The summed E-state index contributed by atoms with van der Waals surface area (Å²) in [4.78, 5) is 18.3. The van der Waals surface area contributed by atoms with Crippen molar-refractivity contribution < 1.29 is 33.6 Å². The highest BCUT2D eigenvalue weighted by molar-refractivity contribution is 5.98. The Hall–Kier alpha value is -3.43. The molecule has 1 unspecified atom stereocenters. The second-order valence-electron chi connectivity index (χ2n) is 10.2. The lowest BCUT2D eigenvalue weighted by Gasteiger charge is -2.42. The normalized spacial score (nSPS) is 17.4. The largest absolute Gasteiger partial charge is 0.493 e. The number of aliphatic hydroxyl groups is 1. The van der Waals surface area contributed by atoms with Gasteiger partial charge < -0.3 is 33.7 Å². The van der Waals surface area contributed by atoms with Crippen LogP contribution < -0.4 is 23.7 Å². The molecule has 218 valence electrons. The number of aliphatic hydroxyl groups excluding tert-OH is 1. The van der Waals surface area contributed by atoms with Gasteiger partial charge in [-0.1, -0.05) is 0 Å². The van der Waals surface area contributed by atoms with E-state index in [1.165, 1.54) is 0 Å². The minimum atomic E-state index is 0.00414. The lowest BCUT2D eigenvalue weighted by Crippen LogP contribution is -2.55. The summed E-state index contributed by atoms with van der Waals surface area (Å²) >= 11 is 0. The Balaban J connectivity index is 1.54. The highest BCUT2D eigenvalue weighted by Gasteiger charge is 2.32. The molecule has 1 saturated heterocycles. The first-order chi connectivity index (χ1) is 19.5. The van der Waals surface area contributed by atoms with Gasteiger partial charge in [-0.2, -0.15) is 0 Å². The van der Waals surface area contributed by atoms with Gasteiger partial charge in [0.25, 0.3) is 0 Å². The van der Waals surface area contributed by atoms with Gasteiger partial charge in [-0.25, -0.2) is 0 Å². The highest BCUT2D eigenvalue weighted by atomic mass is 16.5. The van der Waals surface area contributed by atoms with Crippen molar-refractivity contribution >= 4 is 12.0 Å². The molecule has 1 amide bonds. The molecule has 1 fully saturated rings. The smallest absolute Gasteiger partial charge is 0.250 e. The number of nitrogens with zero attached hydrogens (tertiary/aromatic N) is 2. The zero-order valence-electron chi connectivity index (χ0n) is 24.3. The average Bonchev–Trinajstić information content (AvgIpc) is 3.20. The molecule has 9 heteroatoms. The van der Waals surface area contributed by atoms with Crippen LogP contribution in [0.1, 0.15) is 42.4 Å². The number of fused-ring (bicyclic) bond motifs is 1. The topological polar surface area (TPSA) is 89.9 Å². The number of rotatable bonds is 11. The molecule has 1 atom stereocenters. The molecule has 1 N–H and O–H groups in total. The van der Waals surface area contributed by atoms with E-state index in [-0.39, 0.29) is 18.6 Å². The van der Waals surface area contributed by atoms with Gasteiger partial charge >= 0.3 is 0 Å². The van der Waals surface area contributed by atoms with Gasteiger partial charge in [0.15, 0.2) is 23.0 Å². The third-order valence-corrected chi connectivity index (χ3v) is 7.80. The fraction of sp³-hybridized carbons (Fsp3) is 0.516. The van der Waals surface area contributed by atoms with Crippen molar-refractivity contribution in [2.24, 2.45) is 0 Å². The van der Waals surface area contributed by atoms with Crippen LogP contribution in [0.2, 0.25) is 0 Å². The van der Waals surface area contributed by atoms with Crippen molar-refractivity contribution in [3.8, 4) is 28.7 Å². The van der Waals surface area contributed by atoms with Crippen molar-refractivity contribution in [1.82, 2.24) is 9.80 Å². The summed E-state index contributed by atoms with van der Waals surface area (Å²) in [5, 5.41) is 9.58. The van der Waals surface area contributed by atoms with Crippen molar-refractivity contribution in [2.75, 3.05) is 61.8 Å². The van der Waals surface area contributed by atoms with Gasteiger partial charge in [0.2, 0.25) is 11.7 Å². The minimum Gasteiger partial charge on any atom is -0.493 e. The number of amides is 1. The fourth-order valence-electron chi connectivity index (χ4n) is 5.76. The van der Waals surface area contributed by atoms with E-state index in [1.807, 2.05) is 35.2 Å². The number of hydrogen-bond donors (Lipinski definition) is 1. The van der Waals surface area contributed by atoms with Gasteiger partial charge in [0, 0.05) is 44.4 Å². The van der Waals surface area contributed by atoms with Crippen molar-refractivity contribution in [3.63, 3.8) is 0 Å². The monoisotopic (exact) mass is 554 g/mol. The number of carbonyl (C=O) groups excluding carboxylic acids is 1. The lowest BCUT2D eigenvalue weighted by atomic mass is 10.0. The summed E-state index contributed by atoms with van der Waals surface area (Å²) in [6.45, 7) is 2.87. The number of methoxy groups -OCH3 is 5. The zero-order valence-corrected chi connectivity index (χ0v) is 24.3. The van der Waals surface area contributed by atoms with Gasteiger partial charge in [-0.15, -0.1) is 0 Å². The standard InChI is InChI=1S/C31H42N2O7/c1-36-26-17-22-8-6-9-23(16-24(22)18-27(26)37-2)31(35)33-12-11-32(20-25(33)10-7-13-34)19-21-14-28(38-3)30(40-5)29(15-21)39-4/h14-18,25,34H,6-13,19-20H2,1-5H3. The first kappa shape index (κ1) is 29.6. The summed E-state index contributed by atoms with van der Waals surface area (Å²) in [6, 6.07) is 7.93. The van der Waals surface area contributed by atoms with Crippen molar-refractivity contribution in [2.45, 2.75) is 44.7 Å². The van der Waals surface area contributed by atoms with E-state index in [4.69, 9.17) is 23.7 Å². The SMILES string of the molecule is COc1cc2c(cc1OC)CCCC(C(=O)N1CCN(Cc3cc(OC)c(OC)c(OC)c3)CC1CCCO)=C2. The van der Waals surface area contributed by atoms with Crippen LogP contribution >= 0.6 is 0 Å². The Labute approximate surface area is 237 Å². The number of benzene rings is 2. The van der Waals surface area contributed by atoms with Gasteiger partial charge in [0.05, 0.1) is 35.5 Å². The Morgan fingerprint density at radius 2 is 1.55 bits per heavy atom. The van der Waals surface area contributed by atoms with E-state index >= 15 is 0 Å². The summed E-state index contributed by atoms with van der Waals surface area (Å²) in [5.74, 6) is 3.26. The van der Waals surface area contributed by atoms with Gasteiger partial charge in [-0.05, 0) is 79.1 Å².